The Kier molecular flexibility index (Phi) is 6.02. The minimum atomic E-state index is -0.460. The van der Waals surface area contributed by atoms with Gasteiger partial charge in [0.2, 0.25) is 0 Å². The average molecular weight is 394 g/mol. The monoisotopic (exact) mass is 393 g/mol. The normalized spacial score (nSPS) is 37.0. The molecular weight excluding hydrogens is 362 g/mol. The van der Waals surface area contributed by atoms with Crippen molar-refractivity contribution in [3.63, 3.8) is 0 Å². The number of nitrogens with zero attached hydrogens (tertiary/aromatic N) is 1. The molecule has 2 aliphatic heterocycles. The molecule has 2 fully saturated rings. The van der Waals surface area contributed by atoms with Crippen LogP contribution in [0.3, 0.4) is 0 Å². The Bertz CT molecular complexity index is 787. The molecule has 0 spiro atoms. The Labute approximate surface area is 173 Å². The maximum atomic E-state index is 12.1. The smallest absolute Gasteiger partial charge is 0.309 e. The maximum absolute atomic E-state index is 12.1. The molecule has 1 aliphatic carbocycles. The molecule has 29 heavy (non-hydrogen) atoms. The molecule has 4 nitrogen and oxygen atoms in total. The van der Waals surface area contributed by atoms with Gasteiger partial charge in [0.1, 0.15) is 6.10 Å². The summed E-state index contributed by atoms with van der Waals surface area (Å²) < 4.78 is 5.77. The third-order valence-electron chi connectivity index (χ3n) is 6.74. The van der Waals surface area contributed by atoms with Crippen molar-refractivity contribution in [1.82, 2.24) is 4.90 Å². The fourth-order valence-corrected chi connectivity index (χ4v) is 5.34. The van der Waals surface area contributed by atoms with Gasteiger partial charge in [0, 0.05) is 24.5 Å². The third-order valence-corrected chi connectivity index (χ3v) is 6.74. The molecule has 1 aromatic carbocycles. The number of carbonyl (C=O) groups is 1. The Morgan fingerprint density at radius 3 is 2.72 bits per heavy atom. The van der Waals surface area contributed by atoms with E-state index in [4.69, 9.17) is 4.74 Å². The largest absolute Gasteiger partial charge is 0.460 e. The summed E-state index contributed by atoms with van der Waals surface area (Å²) in [7, 11) is 0. The van der Waals surface area contributed by atoms with E-state index in [1.54, 1.807) is 0 Å². The summed E-state index contributed by atoms with van der Waals surface area (Å²) in [6, 6.07) is 10.7. The summed E-state index contributed by atoms with van der Waals surface area (Å²) >= 11 is 0. The average Bonchev–Trinajstić information content (AvgIpc) is 3.25. The first kappa shape index (κ1) is 20.1. The van der Waals surface area contributed by atoms with Crippen LogP contribution in [0.2, 0.25) is 0 Å². The molecule has 2 saturated heterocycles. The Balaban J connectivity index is 1.59. The molecule has 0 saturated carbocycles. The quantitative estimate of drug-likeness (QED) is 0.589. The van der Waals surface area contributed by atoms with Crippen LogP contribution in [0.5, 0.6) is 0 Å². The molecule has 1 N–H and O–H groups in total. The topological polar surface area (TPSA) is 49.8 Å². The van der Waals surface area contributed by atoms with Crippen molar-refractivity contribution in [2.45, 2.75) is 50.5 Å². The van der Waals surface area contributed by atoms with E-state index >= 15 is 0 Å². The molecule has 154 valence electrons. The van der Waals surface area contributed by atoms with Crippen LogP contribution >= 0.6 is 0 Å². The van der Waals surface area contributed by atoms with Crippen molar-refractivity contribution >= 4 is 12.0 Å². The highest BCUT2D eigenvalue weighted by Crippen LogP contribution is 2.44. The van der Waals surface area contributed by atoms with Crippen molar-refractivity contribution < 1.29 is 14.6 Å². The van der Waals surface area contributed by atoms with Crippen LogP contribution in [0.1, 0.15) is 31.7 Å². The summed E-state index contributed by atoms with van der Waals surface area (Å²) in [5.41, 5.74) is 1.17. The van der Waals surface area contributed by atoms with Gasteiger partial charge in [-0.15, -0.1) is 6.58 Å². The number of aliphatic hydroxyl groups excluding tert-OH is 1. The Morgan fingerprint density at radius 1 is 1.24 bits per heavy atom. The van der Waals surface area contributed by atoms with Crippen LogP contribution in [0.25, 0.3) is 6.08 Å². The van der Waals surface area contributed by atoms with Gasteiger partial charge in [0.05, 0.1) is 12.0 Å². The molecule has 4 heteroatoms. The lowest BCUT2D eigenvalue weighted by Crippen LogP contribution is -2.49. The van der Waals surface area contributed by atoms with E-state index in [0.717, 1.165) is 25.8 Å². The van der Waals surface area contributed by atoms with Gasteiger partial charge in [0.25, 0.3) is 0 Å². The van der Waals surface area contributed by atoms with Crippen LogP contribution in [0, 0.1) is 17.8 Å². The minimum Gasteiger partial charge on any atom is -0.460 e. The molecule has 0 radical (unpaired) electrons. The lowest BCUT2D eigenvalue weighted by Gasteiger charge is -2.40. The second-order valence-corrected chi connectivity index (χ2v) is 8.64. The lowest BCUT2D eigenvalue weighted by molar-refractivity contribution is -0.146. The molecule has 1 aromatic rings. The van der Waals surface area contributed by atoms with Crippen LogP contribution in [0.4, 0.5) is 0 Å². The number of benzene rings is 1. The van der Waals surface area contributed by atoms with Gasteiger partial charge >= 0.3 is 5.97 Å². The minimum absolute atomic E-state index is 0.0329. The fourth-order valence-electron chi connectivity index (χ4n) is 5.34. The van der Waals surface area contributed by atoms with Gasteiger partial charge in [-0.2, -0.15) is 0 Å². The number of fused-ring (bicyclic) bond motifs is 1. The van der Waals surface area contributed by atoms with Crippen molar-refractivity contribution in [2.75, 3.05) is 6.54 Å². The molecule has 2 heterocycles. The second-order valence-electron chi connectivity index (χ2n) is 8.64. The number of rotatable bonds is 6. The summed E-state index contributed by atoms with van der Waals surface area (Å²) in [5.74, 6) is 0.373. The van der Waals surface area contributed by atoms with Gasteiger partial charge < -0.3 is 9.84 Å². The highest BCUT2D eigenvalue weighted by molar-refractivity contribution is 5.74. The van der Waals surface area contributed by atoms with E-state index in [9.17, 15) is 9.90 Å². The van der Waals surface area contributed by atoms with Crippen LogP contribution in [-0.2, 0) is 9.53 Å². The van der Waals surface area contributed by atoms with Gasteiger partial charge in [-0.1, -0.05) is 67.6 Å². The molecule has 4 rings (SSSR count). The van der Waals surface area contributed by atoms with Gasteiger partial charge in [-0.05, 0) is 30.7 Å². The Morgan fingerprint density at radius 2 is 2.03 bits per heavy atom. The molecule has 7 atom stereocenters. The predicted octanol–water partition coefficient (Wildman–Crippen LogP) is 3.83. The van der Waals surface area contributed by atoms with Crippen LogP contribution < -0.4 is 0 Å². The highest BCUT2D eigenvalue weighted by Gasteiger charge is 2.51. The van der Waals surface area contributed by atoms with E-state index in [-0.39, 0.29) is 36.0 Å². The van der Waals surface area contributed by atoms with Crippen LogP contribution in [-0.4, -0.2) is 46.8 Å². The van der Waals surface area contributed by atoms with Crippen molar-refractivity contribution in [3.05, 3.63) is 66.8 Å². The number of cyclic esters (lactones) is 1. The summed E-state index contributed by atoms with van der Waals surface area (Å²) in [6.07, 6.45) is 12.4. The maximum Gasteiger partial charge on any atom is 0.309 e. The third kappa shape index (κ3) is 4.10. The first-order chi connectivity index (χ1) is 14.1. The lowest BCUT2D eigenvalue weighted by atomic mass is 9.78. The van der Waals surface area contributed by atoms with Crippen molar-refractivity contribution in [3.8, 4) is 0 Å². The Hall–Kier alpha value is -2.17. The summed E-state index contributed by atoms with van der Waals surface area (Å²) in [6.45, 7) is 6.64. The molecule has 0 bridgehead atoms. The molecule has 3 aliphatic rings. The van der Waals surface area contributed by atoms with Crippen molar-refractivity contribution in [1.29, 1.82) is 0 Å². The van der Waals surface area contributed by atoms with E-state index in [0.29, 0.717) is 5.92 Å². The van der Waals surface area contributed by atoms with Crippen molar-refractivity contribution in [2.24, 2.45) is 17.8 Å². The highest BCUT2D eigenvalue weighted by atomic mass is 16.6. The number of aliphatic hydroxyl groups is 1. The molecular formula is C25H31NO3. The molecule has 0 aromatic heterocycles. The standard InChI is InChI=1S/C25H31NO3/c1-3-8-20-22(27)13-12-19-16-21(23-15-17(2)25(28)29-23)26(24(19)20)14-7-11-18-9-5-4-6-10-18/h3-7,9-13,17,19-24,27H,1,8,14-16H2,2H3/b11-7+/t17-,19-,20+,21-,22+,23-,24-/m0/s1. The number of hydrogen-bond acceptors (Lipinski definition) is 4. The number of esters is 1. The summed E-state index contributed by atoms with van der Waals surface area (Å²) in [5, 5.41) is 10.6. The second kappa shape index (κ2) is 8.68. The molecule has 0 unspecified atom stereocenters. The van der Waals surface area contributed by atoms with Gasteiger partial charge in [0.15, 0.2) is 0 Å². The number of carbonyl (C=O) groups excluding carboxylic acids is 1. The number of hydrogen-bond donors (Lipinski definition) is 1. The number of allylic oxidation sites excluding steroid dienone is 1. The van der Waals surface area contributed by atoms with Crippen LogP contribution in [0.15, 0.2) is 61.2 Å². The number of likely N-dealkylation sites (tertiary alicyclic amines) is 1. The van der Waals surface area contributed by atoms with Gasteiger partial charge in [-0.3, -0.25) is 9.69 Å². The summed E-state index contributed by atoms with van der Waals surface area (Å²) in [4.78, 5) is 14.5. The number of ether oxygens (including phenoxy) is 1. The van der Waals surface area contributed by atoms with E-state index < -0.39 is 6.10 Å². The zero-order valence-corrected chi connectivity index (χ0v) is 17.1. The predicted molar refractivity (Wildman–Crippen MR) is 115 cm³/mol. The van der Waals surface area contributed by atoms with E-state index in [1.165, 1.54) is 5.56 Å². The SMILES string of the molecule is C=CC[C@H]1[C@@H]2[C@@H](C=C[C@H]1O)C[C@@H]([C@@H]1C[C@H](C)C(=O)O1)N2C/C=C/c1ccccc1. The zero-order chi connectivity index (χ0) is 20.4. The first-order valence-corrected chi connectivity index (χ1v) is 10.7. The zero-order valence-electron chi connectivity index (χ0n) is 17.1. The van der Waals surface area contributed by atoms with E-state index in [2.05, 4.69) is 41.8 Å². The van der Waals surface area contributed by atoms with Gasteiger partial charge in [-0.25, -0.2) is 0 Å². The molecule has 0 amide bonds. The van der Waals surface area contributed by atoms with E-state index in [1.807, 2.05) is 37.3 Å². The fraction of sp³-hybridized carbons (Fsp3) is 0.480. The first-order valence-electron chi connectivity index (χ1n) is 10.7.